The van der Waals surface area contributed by atoms with Gasteiger partial charge in [0.2, 0.25) is 11.8 Å². The van der Waals surface area contributed by atoms with E-state index in [2.05, 4.69) is 33.7 Å². The summed E-state index contributed by atoms with van der Waals surface area (Å²) in [6.07, 6.45) is 22.9. The number of likely N-dealkylation sites (tertiary alicyclic amines) is 3. The van der Waals surface area contributed by atoms with Crippen LogP contribution in [0.1, 0.15) is 217 Å². The lowest BCUT2D eigenvalue weighted by atomic mass is 9.77. The fourth-order valence-electron chi connectivity index (χ4n) is 20.2. The standard InChI is InChI=1S/C49H64ClN5O8S.C44H53ClN4O10.C6H12/c1-8-31-24-49(31,46(59)60-7)25-39(56)38-21-33(26-55(38)45(58)35(48(4,5)6)22-42(57)63-32-19-29-18-30(29)20-32)62-41-23-36(37-27-64-47(53-37)51-28(2)3)52-44-34(41)12-13-40(43(44)50)61-17-16-54-14-10-9-11-15-54;1-8-26-19-44(26,41(54)55-7)20-34(51)33-16-28(21-49(33)40(53)30(43(4,5)6)17-37(52)59-27-14-24-13-25(24)15-27)58-36-18-31(32-22-57-42(48-32)46-23(2)3)47-39-29(36)9-10-35(38(39)45)56-12-11-50;1-2-4-6-5-3-1/h8,12-13,23,27-33,35,38H,1,9-11,14-22,24-26H2,2-7H3,(H,51,53);8-11,18,22-28,30,33H,1,12-17,19-21H2,2-7H3,(H,46,48);1-6H2/t29-,30+,31-,32?,33-,35-,38+,49?;24-,25+,26-,27?,28-,30-,33+,44?;/m11./s1. The quantitative estimate of drug-likeness (QED) is 0.0162. The Morgan fingerprint density at radius 2 is 1.00 bits per heavy atom. The first-order valence-corrected chi connectivity index (χ1v) is 48.2. The number of thiazole rings is 1. The SMILES string of the molecule is C1CCCCC1.C=C[C@@H]1CC1(CC(=O)[C@@H]1C[C@@H](Oc2cc(-c3coc(NC(C)C)n3)nc3c(Cl)c(OCC=O)ccc23)CN1C(=O)[C@@H](CC(=O)OC1C[C@@H]2C[C@@H]2C1)C(C)(C)C)C(=O)OC.C=C[C@@H]1CC1(CC(=O)[C@@H]1C[C@@H](Oc2cc(-c3csc(NC(C)C)n3)nc3c(Cl)c(OCCN4CCCCC4)ccc23)CN1C(=O)[C@@H](CC(=O)OC1C[C@@H]2C[C@@H]2C1)C(C)(C)C)C(=O)OC. The lowest BCUT2D eigenvalue weighted by Crippen LogP contribution is -2.48. The number of ether oxygens (including phenoxy) is 8. The lowest BCUT2D eigenvalue weighted by molar-refractivity contribution is -0.157. The fourth-order valence-corrected chi connectivity index (χ4v) is 21.6. The molecule has 7 aliphatic carbocycles. The number of oxazole rings is 1. The third-order valence-electron chi connectivity index (χ3n) is 27.8. The number of aromatic nitrogens is 4. The molecular formula is C99H129Cl2N9O18S. The number of rotatable bonds is 35. The van der Waals surface area contributed by atoms with Gasteiger partial charge in [0, 0.05) is 72.6 Å². The Hall–Kier alpha value is -9.25. The largest absolute Gasteiger partial charge is 0.491 e. The highest BCUT2D eigenvalue weighted by atomic mass is 35.5. The number of nitrogens with zero attached hydrogens (tertiary/aromatic N) is 7. The Morgan fingerprint density at radius 1 is 0.558 bits per heavy atom. The molecule has 0 radical (unpaired) electrons. The summed E-state index contributed by atoms with van der Waals surface area (Å²) in [4.78, 5) is 148. The van der Waals surface area contributed by atoms with Crippen molar-refractivity contribution in [2.75, 3.05) is 70.8 Å². The number of pyridine rings is 2. The number of hydrogen-bond acceptors (Lipinski definition) is 26. The first-order chi connectivity index (χ1) is 61.6. The van der Waals surface area contributed by atoms with E-state index in [1.54, 1.807) is 35.3 Å². The molecule has 10 aliphatic rings. The lowest BCUT2D eigenvalue weighted by Gasteiger charge is -2.35. The van der Waals surface area contributed by atoms with E-state index in [1.165, 1.54) is 107 Å². The van der Waals surface area contributed by atoms with E-state index in [-0.39, 0.29) is 135 Å². The van der Waals surface area contributed by atoms with Gasteiger partial charge in [0.1, 0.15) is 88.3 Å². The average molecular weight is 1840 g/mol. The van der Waals surface area contributed by atoms with Gasteiger partial charge in [-0.15, -0.1) is 24.5 Å². The van der Waals surface area contributed by atoms with Crippen molar-refractivity contribution in [3.8, 4) is 45.8 Å². The van der Waals surface area contributed by atoms with E-state index in [0.717, 1.165) is 50.4 Å². The number of Topliss-reactive ketones (excluding diaryl/α,β-unsaturated/α-hetero) is 2. The van der Waals surface area contributed by atoms with E-state index in [9.17, 15) is 43.2 Å². The number of carbonyl (C=O) groups is 9. The highest BCUT2D eigenvalue weighted by molar-refractivity contribution is 7.14. The maximum atomic E-state index is 15.0. The first-order valence-electron chi connectivity index (χ1n) is 46.5. The normalized spacial score (nSPS) is 26.4. The van der Waals surface area contributed by atoms with Crippen molar-refractivity contribution in [2.45, 2.75) is 265 Å². The van der Waals surface area contributed by atoms with Crippen LogP contribution in [0.25, 0.3) is 44.6 Å². The summed E-state index contributed by atoms with van der Waals surface area (Å²) in [5.41, 5.74) is -0.718. The molecule has 4 aromatic heterocycles. The predicted octanol–water partition coefficient (Wildman–Crippen LogP) is 18.1. The van der Waals surface area contributed by atoms with Crippen LogP contribution in [0.3, 0.4) is 0 Å². The summed E-state index contributed by atoms with van der Waals surface area (Å²) in [5, 5.41) is 10.8. The summed E-state index contributed by atoms with van der Waals surface area (Å²) in [5.74, 6) is -1.03. The summed E-state index contributed by atoms with van der Waals surface area (Å²) in [6.45, 7) is 30.5. The Labute approximate surface area is 771 Å². The number of amides is 2. The molecule has 2 amide bonds. The average Bonchev–Trinajstić information content (AvgIpc) is 1.58. The van der Waals surface area contributed by atoms with Gasteiger partial charge in [-0.25, -0.2) is 15.0 Å². The van der Waals surface area contributed by atoms with Crippen molar-refractivity contribution >= 4 is 121 Å². The molecular weight excluding hydrogens is 1710 g/mol. The minimum atomic E-state index is -1.06. The van der Waals surface area contributed by atoms with E-state index in [4.69, 9.17) is 80.5 Å². The number of piperidine rings is 1. The number of methoxy groups -OCH3 is 2. The van der Waals surface area contributed by atoms with Crippen molar-refractivity contribution < 1.29 is 85.5 Å². The number of hydrogen-bond donors (Lipinski definition) is 2. The Bertz CT molecular complexity index is 5100. The third-order valence-corrected chi connectivity index (χ3v) is 29.3. The number of esters is 4. The van der Waals surface area contributed by atoms with Crippen molar-refractivity contribution in [1.82, 2.24) is 34.6 Å². The van der Waals surface area contributed by atoms with Gasteiger partial charge in [0.05, 0.1) is 97.3 Å². The molecule has 10 fully saturated rings. The number of benzene rings is 2. The zero-order valence-corrected chi connectivity index (χ0v) is 79.2. The number of aldehydes is 1. The van der Waals surface area contributed by atoms with Gasteiger partial charge in [-0.05, 0) is 176 Å². The molecule has 27 nitrogen and oxygen atoms in total. The van der Waals surface area contributed by atoms with Crippen LogP contribution in [-0.2, 0) is 62.1 Å². The second kappa shape index (κ2) is 40.9. The van der Waals surface area contributed by atoms with E-state index in [0.29, 0.717) is 116 Å². The molecule has 30 heteroatoms. The van der Waals surface area contributed by atoms with E-state index in [1.807, 2.05) is 92.8 Å². The maximum absolute atomic E-state index is 15.0. The first kappa shape index (κ1) is 95.8. The van der Waals surface area contributed by atoms with Crippen LogP contribution in [0.5, 0.6) is 23.0 Å². The highest BCUT2D eigenvalue weighted by Gasteiger charge is 2.63. The molecule has 2 aromatic carbocycles. The maximum Gasteiger partial charge on any atom is 0.312 e. The second-order valence-electron chi connectivity index (χ2n) is 40.1. The van der Waals surface area contributed by atoms with Crippen LogP contribution in [-0.4, -0.2) is 197 Å². The van der Waals surface area contributed by atoms with Gasteiger partial charge in [-0.2, -0.15) is 4.98 Å². The minimum absolute atomic E-state index is 0.0127. The Morgan fingerprint density at radius 3 is 1.42 bits per heavy atom. The van der Waals surface area contributed by atoms with Crippen LogP contribution in [0.4, 0.5) is 11.1 Å². The van der Waals surface area contributed by atoms with Crippen LogP contribution in [0.15, 0.2) is 77.8 Å². The van der Waals surface area contributed by atoms with Gasteiger partial charge >= 0.3 is 23.9 Å². The molecule has 6 aromatic rings. The minimum Gasteiger partial charge on any atom is -0.491 e. The van der Waals surface area contributed by atoms with Gasteiger partial charge in [0.25, 0.3) is 6.01 Å². The molecule has 3 saturated heterocycles. The Kier molecular flexibility index (Phi) is 30.3. The fraction of sp³-hybridized carbons (Fsp3) is 0.626. The molecule has 16 atom stereocenters. The zero-order valence-electron chi connectivity index (χ0n) is 76.9. The van der Waals surface area contributed by atoms with E-state index < -0.39 is 81.7 Å². The smallest absolute Gasteiger partial charge is 0.312 e. The highest BCUT2D eigenvalue weighted by Crippen LogP contribution is 2.60. The molecule has 0 spiro atoms. The number of nitrogens with one attached hydrogen (secondary N) is 2. The van der Waals surface area contributed by atoms with Crippen LogP contribution < -0.4 is 29.6 Å². The van der Waals surface area contributed by atoms with Crippen molar-refractivity contribution in [3.05, 3.63) is 83.4 Å². The topological polar surface area (TPSA) is 326 Å². The summed E-state index contributed by atoms with van der Waals surface area (Å²) >= 11 is 15.5. The number of ketones is 2. The number of anilines is 2. The van der Waals surface area contributed by atoms with Gasteiger partial charge < -0.3 is 62.7 Å². The monoisotopic (exact) mass is 1830 g/mol. The molecule has 16 rings (SSSR count). The molecule has 129 heavy (non-hydrogen) atoms. The Balaban J connectivity index is 0.000000196. The second-order valence-corrected chi connectivity index (χ2v) is 41.8. The number of fused-ring (bicyclic) bond motifs is 4. The van der Waals surface area contributed by atoms with E-state index >= 15 is 0 Å². The molecule has 0 bridgehead atoms. The van der Waals surface area contributed by atoms with Crippen molar-refractivity contribution in [3.63, 3.8) is 0 Å². The summed E-state index contributed by atoms with van der Waals surface area (Å²) in [6, 6.07) is 9.17. The van der Waals surface area contributed by atoms with Crippen molar-refractivity contribution in [1.29, 1.82) is 0 Å². The zero-order chi connectivity index (χ0) is 92.1. The molecule has 2 N–H and O–H groups in total. The molecule has 7 saturated carbocycles. The van der Waals surface area contributed by atoms with Crippen LogP contribution in [0.2, 0.25) is 10.0 Å². The number of halogens is 2. The molecule has 7 heterocycles. The van der Waals surface area contributed by atoms with Crippen LogP contribution >= 0.6 is 34.5 Å². The molecule has 4 unspecified atom stereocenters. The van der Waals surface area contributed by atoms with Crippen LogP contribution in [0, 0.1) is 69.0 Å². The summed E-state index contributed by atoms with van der Waals surface area (Å²) in [7, 11) is 2.61. The van der Waals surface area contributed by atoms with Gasteiger partial charge in [0.15, 0.2) is 23.0 Å². The summed E-state index contributed by atoms with van der Waals surface area (Å²) < 4.78 is 53.3. The van der Waals surface area contributed by atoms with Crippen molar-refractivity contribution in [2.24, 2.45) is 69.0 Å². The number of carbonyl (C=O) groups excluding carboxylic acids is 9. The van der Waals surface area contributed by atoms with Gasteiger partial charge in [-0.1, -0.05) is 122 Å². The molecule has 698 valence electrons. The van der Waals surface area contributed by atoms with Gasteiger partial charge in [-0.3, -0.25) is 48.1 Å². The molecule has 3 aliphatic heterocycles. The third kappa shape index (κ3) is 22.7. The predicted molar refractivity (Wildman–Crippen MR) is 493 cm³/mol. The number of allylic oxidation sites excluding steroid dienone is 2.